The first-order valence-corrected chi connectivity index (χ1v) is 5.19. The van der Waals surface area contributed by atoms with Crippen molar-refractivity contribution in [3.63, 3.8) is 0 Å². The molecular formula is C6H5I2N3O. The summed E-state index contributed by atoms with van der Waals surface area (Å²) in [7, 11) is 0. The maximum absolute atomic E-state index is 5.13. The lowest BCUT2D eigenvalue weighted by Crippen LogP contribution is -2.03. The van der Waals surface area contributed by atoms with Crippen LogP contribution in [0.25, 0.3) is 0 Å². The fraction of sp³-hybridized carbons (Fsp3) is 0.167. The second-order valence-electron chi connectivity index (χ2n) is 1.76. The van der Waals surface area contributed by atoms with Gasteiger partial charge in [0, 0.05) is 45.2 Å². The Balaban J connectivity index is 2.78. The van der Waals surface area contributed by atoms with Crippen LogP contribution in [0.2, 0.25) is 0 Å². The van der Waals surface area contributed by atoms with Crippen molar-refractivity contribution < 1.29 is 4.74 Å². The van der Waals surface area contributed by atoms with Crippen molar-refractivity contribution in [1.82, 2.24) is 15.0 Å². The van der Waals surface area contributed by atoms with Crippen molar-refractivity contribution in [2.75, 3.05) is 6.61 Å². The minimum Gasteiger partial charge on any atom is -0.459 e. The first-order valence-electron chi connectivity index (χ1n) is 3.03. The number of aromatic nitrogens is 3. The Labute approximate surface area is 97.1 Å². The van der Waals surface area contributed by atoms with Gasteiger partial charge in [0.05, 0.1) is 0 Å². The summed E-state index contributed by atoms with van der Waals surface area (Å²) in [6.07, 6.45) is 1.64. The third-order valence-corrected chi connectivity index (χ3v) is 1.86. The number of ether oxygens (including phenoxy) is 1. The van der Waals surface area contributed by atoms with Gasteiger partial charge in [-0.1, -0.05) is 12.7 Å². The van der Waals surface area contributed by atoms with Crippen LogP contribution in [0, 0.1) is 7.66 Å². The highest BCUT2D eigenvalue weighted by Gasteiger charge is 2.01. The quantitative estimate of drug-likeness (QED) is 0.583. The number of nitrogens with zero attached hydrogens (tertiary/aromatic N) is 3. The van der Waals surface area contributed by atoms with Crippen LogP contribution in [-0.4, -0.2) is 21.6 Å². The number of hydrogen-bond acceptors (Lipinski definition) is 4. The van der Waals surface area contributed by atoms with Gasteiger partial charge in [-0.15, -0.1) is 0 Å². The first-order chi connectivity index (χ1) is 5.72. The highest BCUT2D eigenvalue weighted by atomic mass is 127. The maximum atomic E-state index is 5.13. The van der Waals surface area contributed by atoms with Crippen molar-refractivity contribution in [3.05, 3.63) is 20.3 Å². The van der Waals surface area contributed by atoms with Crippen LogP contribution in [0.4, 0.5) is 0 Å². The molecule has 1 aromatic rings. The summed E-state index contributed by atoms with van der Waals surface area (Å²) in [5.41, 5.74) is 0. The summed E-state index contributed by atoms with van der Waals surface area (Å²) >= 11 is 4.02. The van der Waals surface area contributed by atoms with Crippen LogP contribution in [0.1, 0.15) is 0 Å². The van der Waals surface area contributed by atoms with Crippen molar-refractivity contribution in [3.8, 4) is 6.01 Å². The van der Waals surface area contributed by atoms with E-state index in [1.165, 1.54) is 0 Å². The molecule has 0 radical (unpaired) electrons. The average molecular weight is 389 g/mol. The summed E-state index contributed by atoms with van der Waals surface area (Å²) in [6, 6.07) is 0.346. The van der Waals surface area contributed by atoms with Gasteiger partial charge in [-0.25, -0.2) is 0 Å². The van der Waals surface area contributed by atoms with E-state index in [0.29, 0.717) is 20.3 Å². The van der Waals surface area contributed by atoms with E-state index in [0.717, 1.165) is 0 Å². The fourth-order valence-electron chi connectivity index (χ4n) is 0.507. The minimum absolute atomic E-state index is 0.346. The predicted octanol–water partition coefficient (Wildman–Crippen LogP) is 1.65. The van der Waals surface area contributed by atoms with E-state index < -0.39 is 0 Å². The molecule has 0 saturated carbocycles. The second kappa shape index (κ2) is 4.90. The molecule has 0 unspecified atom stereocenters. The van der Waals surface area contributed by atoms with Gasteiger partial charge in [0.2, 0.25) is 0 Å². The Kier molecular flexibility index (Phi) is 4.12. The van der Waals surface area contributed by atoms with E-state index in [1.807, 2.05) is 45.2 Å². The lowest BCUT2D eigenvalue weighted by atomic mass is 10.7. The molecule has 0 aliphatic rings. The third-order valence-electron chi connectivity index (χ3n) is 0.891. The van der Waals surface area contributed by atoms with Gasteiger partial charge in [0.25, 0.3) is 0 Å². The summed E-state index contributed by atoms with van der Waals surface area (Å²) in [5.74, 6) is 0. The number of hydrogen-bond donors (Lipinski definition) is 0. The Morgan fingerprint density at radius 1 is 1.25 bits per heavy atom. The number of halogens is 2. The lowest BCUT2D eigenvalue weighted by molar-refractivity contribution is 0.329. The highest BCUT2D eigenvalue weighted by Crippen LogP contribution is 2.07. The van der Waals surface area contributed by atoms with Crippen LogP contribution < -0.4 is 4.74 Å². The molecule has 0 N–H and O–H groups in total. The van der Waals surface area contributed by atoms with Gasteiger partial charge in [-0.3, -0.25) is 0 Å². The van der Waals surface area contributed by atoms with Crippen LogP contribution in [0.5, 0.6) is 6.01 Å². The first kappa shape index (κ1) is 10.1. The van der Waals surface area contributed by atoms with Crippen molar-refractivity contribution >= 4 is 45.2 Å². The summed E-state index contributed by atoms with van der Waals surface area (Å²) < 4.78 is 6.39. The Morgan fingerprint density at radius 2 is 1.83 bits per heavy atom. The molecule has 0 amide bonds. The SMILES string of the molecule is C=CCOc1nc(I)nc(I)n1. The number of rotatable bonds is 3. The van der Waals surface area contributed by atoms with Crippen molar-refractivity contribution in [1.29, 1.82) is 0 Å². The van der Waals surface area contributed by atoms with Gasteiger partial charge in [0.1, 0.15) is 6.61 Å². The molecule has 0 bridgehead atoms. The Bertz CT molecular complexity index is 272. The average Bonchev–Trinajstić information content (AvgIpc) is 1.99. The Hall–Kier alpha value is 0.01000. The Morgan fingerprint density at radius 3 is 2.33 bits per heavy atom. The monoisotopic (exact) mass is 389 g/mol. The molecule has 0 aliphatic carbocycles. The van der Waals surface area contributed by atoms with E-state index in [-0.39, 0.29) is 0 Å². The van der Waals surface area contributed by atoms with E-state index in [1.54, 1.807) is 6.08 Å². The van der Waals surface area contributed by atoms with E-state index in [4.69, 9.17) is 4.74 Å². The van der Waals surface area contributed by atoms with Crippen LogP contribution in [-0.2, 0) is 0 Å². The van der Waals surface area contributed by atoms with Gasteiger partial charge >= 0.3 is 6.01 Å². The van der Waals surface area contributed by atoms with Gasteiger partial charge < -0.3 is 4.74 Å². The predicted molar refractivity (Wildman–Crippen MR) is 61.0 cm³/mol. The topological polar surface area (TPSA) is 47.9 Å². The third kappa shape index (κ3) is 3.17. The molecule has 12 heavy (non-hydrogen) atoms. The highest BCUT2D eigenvalue weighted by molar-refractivity contribution is 14.1. The molecule has 4 nitrogen and oxygen atoms in total. The van der Waals surface area contributed by atoms with Crippen molar-refractivity contribution in [2.45, 2.75) is 0 Å². The lowest BCUT2D eigenvalue weighted by Gasteiger charge is -2.00. The van der Waals surface area contributed by atoms with Gasteiger partial charge in [-0.2, -0.15) is 15.0 Å². The van der Waals surface area contributed by atoms with Crippen LogP contribution >= 0.6 is 45.2 Å². The molecule has 0 spiro atoms. The summed E-state index contributed by atoms with van der Waals surface area (Å²) in [6.45, 7) is 3.93. The van der Waals surface area contributed by atoms with E-state index in [2.05, 4.69) is 21.5 Å². The largest absolute Gasteiger partial charge is 0.459 e. The molecule has 1 aromatic heterocycles. The minimum atomic E-state index is 0.346. The van der Waals surface area contributed by atoms with Crippen LogP contribution in [0.15, 0.2) is 12.7 Å². The molecule has 0 aliphatic heterocycles. The molecule has 1 rings (SSSR count). The van der Waals surface area contributed by atoms with Crippen molar-refractivity contribution in [2.24, 2.45) is 0 Å². The van der Waals surface area contributed by atoms with Gasteiger partial charge in [0.15, 0.2) is 7.66 Å². The zero-order chi connectivity index (χ0) is 8.97. The smallest absolute Gasteiger partial charge is 0.321 e. The molecule has 0 saturated heterocycles. The molecular weight excluding hydrogens is 384 g/mol. The van der Waals surface area contributed by atoms with Crippen LogP contribution in [0.3, 0.4) is 0 Å². The summed E-state index contributed by atoms with van der Waals surface area (Å²) in [4.78, 5) is 11.9. The van der Waals surface area contributed by atoms with E-state index in [9.17, 15) is 0 Å². The zero-order valence-electron chi connectivity index (χ0n) is 6.00. The van der Waals surface area contributed by atoms with E-state index >= 15 is 0 Å². The zero-order valence-corrected chi connectivity index (χ0v) is 10.3. The molecule has 64 valence electrons. The second-order valence-corrected chi connectivity index (χ2v) is 3.69. The fourth-order valence-corrected chi connectivity index (χ4v) is 1.84. The maximum Gasteiger partial charge on any atom is 0.321 e. The summed E-state index contributed by atoms with van der Waals surface area (Å²) in [5, 5.41) is 0. The standard InChI is InChI=1S/C6H5I2N3O/c1-2-3-12-6-10-4(7)9-5(8)11-6/h2H,1,3H2. The van der Waals surface area contributed by atoms with Gasteiger partial charge in [-0.05, 0) is 0 Å². The normalized spacial score (nSPS) is 9.50. The molecule has 1 heterocycles. The molecule has 0 atom stereocenters. The molecule has 6 heteroatoms. The molecule has 0 aromatic carbocycles. The molecule has 0 fully saturated rings.